The molecule has 0 saturated heterocycles. The van der Waals surface area contributed by atoms with Gasteiger partial charge in [0, 0.05) is 0 Å². The van der Waals surface area contributed by atoms with Crippen LogP contribution in [0.3, 0.4) is 0 Å². The Balaban J connectivity index is 2.38. The van der Waals surface area contributed by atoms with Crippen LogP contribution in [0.2, 0.25) is 0 Å². The van der Waals surface area contributed by atoms with Crippen LogP contribution in [-0.2, 0) is 14.6 Å². The van der Waals surface area contributed by atoms with E-state index in [9.17, 15) is 13.2 Å². The van der Waals surface area contributed by atoms with Gasteiger partial charge < -0.3 is 9.84 Å². The molecule has 5 nitrogen and oxygen atoms in total. The number of carboxylic acids is 1. The van der Waals surface area contributed by atoms with E-state index < -0.39 is 15.8 Å². The van der Waals surface area contributed by atoms with Crippen LogP contribution in [-0.4, -0.2) is 26.6 Å². The van der Waals surface area contributed by atoms with E-state index in [1.54, 1.807) is 12.1 Å². The maximum atomic E-state index is 12.1. The van der Waals surface area contributed by atoms with E-state index in [0.29, 0.717) is 11.3 Å². The Morgan fingerprint density at radius 3 is 2.72 bits per heavy atom. The number of fused-ring (bicyclic) bond motifs is 1. The van der Waals surface area contributed by atoms with Crippen LogP contribution in [0.5, 0.6) is 5.75 Å². The molecule has 0 unspecified atom stereocenters. The Morgan fingerprint density at radius 2 is 2.11 bits per heavy atom. The normalized spacial score (nSPS) is 15.9. The maximum absolute atomic E-state index is 12.1. The molecule has 0 atom stereocenters. The van der Waals surface area contributed by atoms with Crippen molar-refractivity contribution < 1.29 is 23.1 Å². The number of carboxylic acid groups (broad SMARTS) is 1. The van der Waals surface area contributed by atoms with Crippen molar-refractivity contribution in [3.05, 3.63) is 28.7 Å². The predicted octanol–water partition coefficient (Wildman–Crippen LogP) is 1.69. The van der Waals surface area contributed by atoms with Gasteiger partial charge in [-0.3, -0.25) is 4.79 Å². The predicted molar refractivity (Wildman–Crippen MR) is 65.0 cm³/mol. The lowest BCUT2D eigenvalue weighted by Crippen LogP contribution is -2.03. The van der Waals surface area contributed by atoms with Crippen molar-refractivity contribution >= 4 is 21.9 Å². The molecule has 1 heterocycles. The van der Waals surface area contributed by atoms with E-state index in [4.69, 9.17) is 9.84 Å². The molecule has 1 aliphatic heterocycles. The SMILES string of the molecule is COc1ccc2c(c1)S(=O)(=O)C(CCC(=O)O)=C2. The van der Waals surface area contributed by atoms with Crippen molar-refractivity contribution in [2.24, 2.45) is 0 Å². The lowest BCUT2D eigenvalue weighted by Gasteiger charge is -2.04. The monoisotopic (exact) mass is 268 g/mol. The second kappa shape index (κ2) is 4.45. The fraction of sp³-hybridized carbons (Fsp3) is 0.250. The molecule has 6 heteroatoms. The third-order valence-corrected chi connectivity index (χ3v) is 4.70. The Bertz CT molecular complexity index is 628. The van der Waals surface area contributed by atoms with Crippen LogP contribution in [0.15, 0.2) is 28.0 Å². The molecule has 1 aromatic rings. The zero-order valence-corrected chi connectivity index (χ0v) is 10.5. The molecular weight excluding hydrogens is 256 g/mol. The number of allylic oxidation sites excluding steroid dienone is 1. The van der Waals surface area contributed by atoms with E-state index in [-0.39, 0.29) is 22.6 Å². The largest absolute Gasteiger partial charge is 0.497 e. The van der Waals surface area contributed by atoms with Gasteiger partial charge in [-0.05, 0) is 36.3 Å². The summed E-state index contributed by atoms with van der Waals surface area (Å²) >= 11 is 0. The molecule has 1 N–H and O–H groups in total. The van der Waals surface area contributed by atoms with Gasteiger partial charge in [-0.15, -0.1) is 0 Å². The highest BCUT2D eigenvalue weighted by molar-refractivity contribution is 7.95. The lowest BCUT2D eigenvalue weighted by molar-refractivity contribution is -0.136. The molecule has 0 spiro atoms. The molecule has 0 saturated carbocycles. The number of aliphatic carboxylic acids is 1. The third kappa shape index (κ3) is 2.11. The zero-order valence-electron chi connectivity index (χ0n) is 9.71. The molecule has 0 aliphatic carbocycles. The van der Waals surface area contributed by atoms with Crippen LogP contribution in [0.4, 0.5) is 0 Å². The standard InChI is InChI=1S/C12H12O5S/c1-17-9-3-2-8-6-10(4-5-12(13)14)18(15,16)11(8)7-9/h2-3,6-7H,4-5H2,1H3,(H,13,14). The van der Waals surface area contributed by atoms with Crippen molar-refractivity contribution in [3.63, 3.8) is 0 Å². The van der Waals surface area contributed by atoms with Crippen LogP contribution < -0.4 is 4.74 Å². The number of methoxy groups -OCH3 is 1. The summed E-state index contributed by atoms with van der Waals surface area (Å²) < 4.78 is 29.3. The van der Waals surface area contributed by atoms with Crippen molar-refractivity contribution in [2.45, 2.75) is 17.7 Å². The molecule has 96 valence electrons. The van der Waals surface area contributed by atoms with Gasteiger partial charge in [0.2, 0.25) is 9.84 Å². The highest BCUT2D eigenvalue weighted by atomic mass is 32.2. The number of rotatable bonds is 4. The summed E-state index contributed by atoms with van der Waals surface area (Å²) in [6.07, 6.45) is 1.33. The summed E-state index contributed by atoms with van der Waals surface area (Å²) in [5.41, 5.74) is 0.580. The van der Waals surface area contributed by atoms with Gasteiger partial charge in [-0.1, -0.05) is 0 Å². The molecule has 0 fully saturated rings. The number of ether oxygens (including phenoxy) is 1. The quantitative estimate of drug-likeness (QED) is 0.898. The first-order valence-corrected chi connectivity index (χ1v) is 6.79. The number of sulfone groups is 1. The Labute approximate surface area is 105 Å². The molecule has 0 aromatic heterocycles. The second-order valence-corrected chi connectivity index (χ2v) is 5.88. The first-order chi connectivity index (χ1) is 8.45. The minimum Gasteiger partial charge on any atom is -0.497 e. The zero-order chi connectivity index (χ0) is 13.3. The summed E-state index contributed by atoms with van der Waals surface area (Å²) in [7, 11) is -2.10. The summed E-state index contributed by atoms with van der Waals surface area (Å²) in [5, 5.41) is 8.60. The number of hydrogen-bond acceptors (Lipinski definition) is 4. The van der Waals surface area contributed by atoms with Gasteiger partial charge in [0.05, 0.1) is 23.3 Å². The van der Waals surface area contributed by atoms with Crippen molar-refractivity contribution in [1.82, 2.24) is 0 Å². The second-order valence-electron chi connectivity index (χ2n) is 3.91. The number of benzene rings is 1. The van der Waals surface area contributed by atoms with Gasteiger partial charge in [0.1, 0.15) is 5.75 Å². The number of carbonyl (C=O) groups is 1. The van der Waals surface area contributed by atoms with Gasteiger partial charge in [0.15, 0.2) is 0 Å². The minimum absolute atomic E-state index is 0.00859. The highest BCUT2D eigenvalue weighted by Gasteiger charge is 2.29. The van der Waals surface area contributed by atoms with Crippen molar-refractivity contribution in [1.29, 1.82) is 0 Å². The van der Waals surface area contributed by atoms with Crippen LogP contribution in [0.1, 0.15) is 18.4 Å². The fourth-order valence-corrected chi connectivity index (χ4v) is 3.47. The van der Waals surface area contributed by atoms with E-state index >= 15 is 0 Å². The first kappa shape index (κ1) is 12.6. The molecule has 1 aliphatic rings. The van der Waals surface area contributed by atoms with E-state index in [2.05, 4.69) is 0 Å². The maximum Gasteiger partial charge on any atom is 0.303 e. The molecule has 1 aromatic carbocycles. The average molecular weight is 268 g/mol. The van der Waals surface area contributed by atoms with Crippen molar-refractivity contribution in [2.75, 3.05) is 7.11 Å². The third-order valence-electron chi connectivity index (χ3n) is 2.76. The molecule has 0 radical (unpaired) electrons. The summed E-state index contributed by atoms with van der Waals surface area (Å²) in [6.45, 7) is 0. The average Bonchev–Trinajstić information content (AvgIpc) is 2.58. The smallest absolute Gasteiger partial charge is 0.303 e. The fourth-order valence-electron chi connectivity index (χ4n) is 1.82. The van der Waals surface area contributed by atoms with Gasteiger partial charge in [-0.25, -0.2) is 8.42 Å². The van der Waals surface area contributed by atoms with E-state index in [1.807, 2.05) is 0 Å². The first-order valence-electron chi connectivity index (χ1n) is 5.30. The highest BCUT2D eigenvalue weighted by Crippen LogP contribution is 2.36. The van der Waals surface area contributed by atoms with Crippen molar-refractivity contribution in [3.8, 4) is 5.75 Å². The topological polar surface area (TPSA) is 80.7 Å². The lowest BCUT2D eigenvalue weighted by atomic mass is 10.2. The van der Waals surface area contributed by atoms with Gasteiger partial charge >= 0.3 is 5.97 Å². The molecular formula is C12H12O5S. The Hall–Kier alpha value is -1.82. The number of hydrogen-bond donors (Lipinski definition) is 1. The summed E-state index contributed by atoms with van der Waals surface area (Å²) in [5.74, 6) is -0.551. The van der Waals surface area contributed by atoms with Crippen LogP contribution >= 0.6 is 0 Å². The Morgan fingerprint density at radius 1 is 1.39 bits per heavy atom. The summed E-state index contributed by atoms with van der Waals surface area (Å²) in [4.78, 5) is 10.8. The van der Waals surface area contributed by atoms with Crippen LogP contribution in [0.25, 0.3) is 6.08 Å². The van der Waals surface area contributed by atoms with Gasteiger partial charge in [-0.2, -0.15) is 0 Å². The Kier molecular flexibility index (Phi) is 3.13. The van der Waals surface area contributed by atoms with Crippen LogP contribution in [0, 0.1) is 0 Å². The summed E-state index contributed by atoms with van der Waals surface area (Å²) in [6, 6.07) is 4.78. The molecule has 0 bridgehead atoms. The molecule has 2 rings (SSSR count). The van der Waals surface area contributed by atoms with Gasteiger partial charge in [0.25, 0.3) is 0 Å². The molecule has 18 heavy (non-hydrogen) atoms. The molecule has 0 amide bonds. The van der Waals surface area contributed by atoms with E-state index in [1.165, 1.54) is 19.3 Å². The van der Waals surface area contributed by atoms with E-state index in [0.717, 1.165) is 0 Å². The minimum atomic E-state index is -3.56.